The number of nitrogens with one attached hydrogen (secondary N) is 2. The van der Waals surface area contributed by atoms with Gasteiger partial charge in [0.15, 0.2) is 5.65 Å². The molecule has 2 fully saturated rings. The Bertz CT molecular complexity index is 1080. The van der Waals surface area contributed by atoms with E-state index in [4.69, 9.17) is 9.47 Å². The molecule has 34 heavy (non-hydrogen) atoms. The summed E-state index contributed by atoms with van der Waals surface area (Å²) in [5.74, 6) is -0.219. The molecule has 0 bridgehead atoms. The van der Waals surface area contributed by atoms with Crippen LogP contribution in [0.25, 0.3) is 11.0 Å². The fourth-order valence-corrected chi connectivity index (χ4v) is 4.57. The van der Waals surface area contributed by atoms with Gasteiger partial charge in [-0.1, -0.05) is 12.8 Å². The molecule has 0 aliphatic heterocycles. The van der Waals surface area contributed by atoms with Gasteiger partial charge >= 0.3 is 12.1 Å². The number of amides is 1. The maximum atomic E-state index is 13.0. The lowest BCUT2D eigenvalue weighted by molar-refractivity contribution is -0.124. The Balaban J connectivity index is 1.61. The zero-order chi connectivity index (χ0) is 24.5. The molecule has 2 heterocycles. The molecule has 2 aliphatic carbocycles. The summed E-state index contributed by atoms with van der Waals surface area (Å²) in [5.41, 5.74) is 0.591. The molecule has 0 spiro atoms. The Morgan fingerprint density at radius 2 is 1.88 bits per heavy atom. The molecule has 2 aromatic rings. The van der Waals surface area contributed by atoms with Gasteiger partial charge in [0, 0.05) is 30.4 Å². The van der Waals surface area contributed by atoms with Crippen LogP contribution in [0, 0.1) is 5.92 Å². The van der Waals surface area contributed by atoms with Gasteiger partial charge in [0.25, 0.3) is 0 Å². The average Bonchev–Trinajstić information content (AvgIpc) is 3.32. The van der Waals surface area contributed by atoms with Gasteiger partial charge in [-0.25, -0.2) is 19.1 Å². The molecule has 2 aromatic heterocycles. The van der Waals surface area contributed by atoms with Crippen molar-refractivity contribution >= 4 is 29.0 Å². The van der Waals surface area contributed by atoms with Crippen LogP contribution in [0.15, 0.2) is 18.5 Å². The number of hydrogen-bond donors (Lipinski definition) is 2. The van der Waals surface area contributed by atoms with Crippen LogP contribution < -0.4 is 10.6 Å². The van der Waals surface area contributed by atoms with Crippen molar-refractivity contribution in [3.63, 3.8) is 0 Å². The van der Waals surface area contributed by atoms with Gasteiger partial charge in [-0.2, -0.15) is 0 Å². The van der Waals surface area contributed by atoms with E-state index in [0.717, 1.165) is 44.1 Å². The van der Waals surface area contributed by atoms with Crippen molar-refractivity contribution in [3.8, 4) is 0 Å². The molecular weight excluding hydrogens is 436 g/mol. The average molecular weight is 471 g/mol. The quantitative estimate of drug-likeness (QED) is 0.596. The van der Waals surface area contributed by atoms with Crippen LogP contribution in [-0.2, 0) is 20.8 Å². The second kappa shape index (κ2) is 9.74. The van der Waals surface area contributed by atoms with Crippen LogP contribution in [0.5, 0.6) is 0 Å². The first-order valence-corrected chi connectivity index (χ1v) is 12.0. The lowest BCUT2D eigenvalue weighted by atomic mass is 10.1. The molecule has 0 saturated heterocycles. The monoisotopic (exact) mass is 470 g/mol. The van der Waals surface area contributed by atoms with Crippen molar-refractivity contribution in [2.24, 2.45) is 5.92 Å². The highest BCUT2D eigenvalue weighted by Crippen LogP contribution is 2.34. The van der Waals surface area contributed by atoms with Gasteiger partial charge in [0.05, 0.1) is 18.7 Å². The Morgan fingerprint density at radius 3 is 2.50 bits per heavy atom. The van der Waals surface area contributed by atoms with E-state index in [1.54, 1.807) is 33.0 Å². The van der Waals surface area contributed by atoms with Gasteiger partial charge in [-0.3, -0.25) is 4.79 Å². The topological polar surface area (TPSA) is 112 Å². The molecule has 1 atom stereocenters. The van der Waals surface area contributed by atoms with Gasteiger partial charge in [0.2, 0.25) is 5.91 Å². The SMILES string of the molecule is COC(=O)c1cn(C(=O)OC(C)(C)C)c2nccc(CNC(C(=O)NC3CCCC3)C3CC3)c12. The van der Waals surface area contributed by atoms with Crippen LogP contribution in [0.2, 0.25) is 0 Å². The van der Waals surface area contributed by atoms with E-state index in [1.807, 2.05) is 0 Å². The second-order valence-electron chi connectivity index (χ2n) is 10.2. The lowest BCUT2D eigenvalue weighted by Gasteiger charge is -2.21. The Hall–Kier alpha value is -2.94. The van der Waals surface area contributed by atoms with E-state index in [2.05, 4.69) is 15.6 Å². The molecule has 9 heteroatoms. The number of methoxy groups -OCH3 is 1. The summed E-state index contributed by atoms with van der Waals surface area (Å²) in [5, 5.41) is 7.12. The van der Waals surface area contributed by atoms with Crippen LogP contribution in [0.3, 0.4) is 0 Å². The number of fused-ring (bicyclic) bond motifs is 1. The molecule has 9 nitrogen and oxygen atoms in total. The lowest BCUT2D eigenvalue weighted by Crippen LogP contribution is -2.48. The van der Waals surface area contributed by atoms with E-state index in [1.165, 1.54) is 17.9 Å². The maximum Gasteiger partial charge on any atom is 0.420 e. The predicted molar refractivity (Wildman–Crippen MR) is 126 cm³/mol. The molecule has 1 amide bonds. The molecule has 0 aromatic carbocycles. The Kier molecular flexibility index (Phi) is 6.93. The highest BCUT2D eigenvalue weighted by atomic mass is 16.6. The van der Waals surface area contributed by atoms with Crippen molar-refractivity contribution in [3.05, 3.63) is 29.6 Å². The molecule has 2 saturated carbocycles. The summed E-state index contributed by atoms with van der Waals surface area (Å²) in [4.78, 5) is 42.7. The van der Waals surface area contributed by atoms with Crippen molar-refractivity contribution < 1.29 is 23.9 Å². The van der Waals surface area contributed by atoms with Gasteiger partial charge in [0.1, 0.15) is 5.60 Å². The number of ether oxygens (including phenoxy) is 2. The van der Waals surface area contributed by atoms with Gasteiger partial charge in [-0.15, -0.1) is 0 Å². The molecule has 0 radical (unpaired) electrons. The van der Waals surface area contributed by atoms with Crippen molar-refractivity contribution in [1.82, 2.24) is 20.2 Å². The number of aromatic nitrogens is 2. The van der Waals surface area contributed by atoms with Crippen LogP contribution in [-0.4, -0.2) is 52.3 Å². The van der Waals surface area contributed by atoms with E-state index in [-0.39, 0.29) is 23.6 Å². The van der Waals surface area contributed by atoms with E-state index in [9.17, 15) is 14.4 Å². The summed E-state index contributed by atoms with van der Waals surface area (Å²) in [6.07, 6.45) is 8.80. The number of nitrogens with zero attached hydrogens (tertiary/aromatic N) is 2. The smallest absolute Gasteiger partial charge is 0.420 e. The minimum atomic E-state index is -0.706. The molecule has 2 N–H and O–H groups in total. The van der Waals surface area contributed by atoms with Gasteiger partial charge < -0.3 is 20.1 Å². The summed E-state index contributed by atoms with van der Waals surface area (Å²) >= 11 is 0. The van der Waals surface area contributed by atoms with E-state index < -0.39 is 17.7 Å². The first-order valence-electron chi connectivity index (χ1n) is 12.0. The zero-order valence-electron chi connectivity index (χ0n) is 20.3. The van der Waals surface area contributed by atoms with Crippen LogP contribution in [0.4, 0.5) is 4.79 Å². The van der Waals surface area contributed by atoms with Crippen molar-refractivity contribution in [2.75, 3.05) is 7.11 Å². The number of hydrogen-bond acceptors (Lipinski definition) is 7. The molecule has 4 rings (SSSR count). The van der Waals surface area contributed by atoms with Crippen LogP contribution in [0.1, 0.15) is 75.2 Å². The van der Waals surface area contributed by atoms with E-state index in [0.29, 0.717) is 23.5 Å². The molecule has 2 aliphatic rings. The van der Waals surface area contributed by atoms with Crippen molar-refractivity contribution in [2.45, 2.75) is 83.5 Å². The normalized spacial score (nSPS) is 17.5. The third kappa shape index (κ3) is 5.41. The highest BCUT2D eigenvalue weighted by molar-refractivity contribution is 6.06. The third-order valence-corrected chi connectivity index (χ3v) is 6.36. The van der Waals surface area contributed by atoms with Gasteiger partial charge in [-0.05, 0) is 64.0 Å². The number of carbonyl (C=O) groups is 3. The standard InChI is InChI=1S/C25H34N4O5/c1-25(2,3)34-24(32)29-14-18(23(31)33-4)19-16(11-12-26-21(19)29)13-27-20(15-9-10-15)22(30)28-17-7-5-6-8-17/h11-12,14-15,17,20,27H,5-10,13H2,1-4H3,(H,28,30). The second-order valence-corrected chi connectivity index (χ2v) is 10.2. The summed E-state index contributed by atoms with van der Waals surface area (Å²) in [6, 6.07) is 1.76. The summed E-state index contributed by atoms with van der Waals surface area (Å²) in [7, 11) is 1.30. The number of pyridine rings is 1. The molecule has 184 valence electrons. The zero-order valence-corrected chi connectivity index (χ0v) is 20.3. The first kappa shape index (κ1) is 24.2. The fourth-order valence-electron chi connectivity index (χ4n) is 4.57. The Labute approximate surface area is 199 Å². The number of carbonyl (C=O) groups excluding carboxylic acids is 3. The first-order chi connectivity index (χ1) is 16.2. The minimum absolute atomic E-state index is 0.0409. The maximum absolute atomic E-state index is 13.0. The molecule has 1 unspecified atom stereocenters. The number of rotatable bonds is 7. The largest absolute Gasteiger partial charge is 0.465 e. The van der Waals surface area contributed by atoms with Crippen molar-refractivity contribution in [1.29, 1.82) is 0 Å². The summed E-state index contributed by atoms with van der Waals surface area (Å²) in [6.45, 7) is 5.67. The van der Waals surface area contributed by atoms with E-state index >= 15 is 0 Å². The highest BCUT2D eigenvalue weighted by Gasteiger charge is 2.37. The fraction of sp³-hybridized carbons (Fsp3) is 0.600. The molecular formula is C25H34N4O5. The third-order valence-electron chi connectivity index (χ3n) is 6.36. The predicted octanol–water partition coefficient (Wildman–Crippen LogP) is 3.53. The van der Waals surface area contributed by atoms with Crippen LogP contribution >= 0.6 is 0 Å². The minimum Gasteiger partial charge on any atom is -0.465 e. The Morgan fingerprint density at radius 1 is 1.18 bits per heavy atom. The number of esters is 1. The summed E-state index contributed by atoms with van der Waals surface area (Å²) < 4.78 is 11.7.